The predicted molar refractivity (Wildman–Crippen MR) is 94.5 cm³/mol. The summed E-state index contributed by atoms with van der Waals surface area (Å²) in [5.41, 5.74) is 3.08. The molecule has 1 amide bonds. The van der Waals surface area contributed by atoms with E-state index in [9.17, 15) is 4.79 Å². The summed E-state index contributed by atoms with van der Waals surface area (Å²) >= 11 is 0. The molecule has 1 fully saturated rings. The van der Waals surface area contributed by atoms with Gasteiger partial charge in [0.2, 0.25) is 11.7 Å². The van der Waals surface area contributed by atoms with Gasteiger partial charge in [0.05, 0.1) is 12.6 Å². The third-order valence-electron chi connectivity index (χ3n) is 4.39. The first kappa shape index (κ1) is 17.4. The smallest absolute Gasteiger partial charge is 0.250 e. The summed E-state index contributed by atoms with van der Waals surface area (Å²) in [5.74, 6) is 0.951. The van der Waals surface area contributed by atoms with Crippen molar-refractivity contribution in [2.75, 3.05) is 13.2 Å². The van der Waals surface area contributed by atoms with Gasteiger partial charge in [0.15, 0.2) is 0 Å². The summed E-state index contributed by atoms with van der Waals surface area (Å²) in [4.78, 5) is 15.9. The number of hydrogen-bond acceptors (Lipinski definition) is 5. The molecule has 2 aromatic rings. The van der Waals surface area contributed by atoms with Gasteiger partial charge in [-0.2, -0.15) is 4.98 Å². The molecule has 1 atom stereocenters. The number of carbonyl (C=O) groups is 1. The van der Waals surface area contributed by atoms with Crippen molar-refractivity contribution in [3.8, 4) is 11.4 Å². The van der Waals surface area contributed by atoms with Gasteiger partial charge in [-0.15, -0.1) is 0 Å². The van der Waals surface area contributed by atoms with Gasteiger partial charge < -0.3 is 14.6 Å². The molecule has 3 rings (SSSR count). The number of carbonyl (C=O) groups excluding carboxylic acids is 1. The van der Waals surface area contributed by atoms with Crippen molar-refractivity contribution in [2.45, 2.75) is 33.7 Å². The molecule has 0 radical (unpaired) electrons. The second kappa shape index (κ2) is 6.80. The summed E-state index contributed by atoms with van der Waals surface area (Å²) < 4.78 is 10.6. The Labute approximate surface area is 147 Å². The molecule has 132 valence electrons. The van der Waals surface area contributed by atoms with Crippen LogP contribution < -0.4 is 5.32 Å². The van der Waals surface area contributed by atoms with Crippen LogP contribution in [-0.2, 0) is 9.53 Å². The van der Waals surface area contributed by atoms with E-state index in [-0.39, 0.29) is 24.0 Å². The van der Waals surface area contributed by atoms with Gasteiger partial charge in [-0.25, -0.2) is 0 Å². The van der Waals surface area contributed by atoms with E-state index in [1.165, 1.54) is 5.57 Å². The maximum Gasteiger partial charge on any atom is 0.250 e. The number of hydrogen-bond donors (Lipinski definition) is 1. The van der Waals surface area contributed by atoms with Crippen molar-refractivity contribution in [2.24, 2.45) is 5.41 Å². The maximum atomic E-state index is 11.4. The molecule has 0 saturated carbocycles. The van der Waals surface area contributed by atoms with Gasteiger partial charge in [0.1, 0.15) is 6.61 Å². The van der Waals surface area contributed by atoms with Crippen molar-refractivity contribution >= 4 is 12.0 Å². The molecule has 1 unspecified atom stereocenters. The summed E-state index contributed by atoms with van der Waals surface area (Å²) in [6.45, 7) is 9.09. The van der Waals surface area contributed by atoms with Crippen LogP contribution in [0, 0.1) is 5.41 Å². The predicted octanol–water partition coefficient (Wildman–Crippen LogP) is 3.37. The Bertz CT molecular complexity index is 785. The number of ether oxygens (including phenoxy) is 1. The number of rotatable bonds is 3. The van der Waals surface area contributed by atoms with E-state index < -0.39 is 0 Å². The molecule has 25 heavy (non-hydrogen) atoms. The summed E-state index contributed by atoms with van der Waals surface area (Å²) in [5, 5.41) is 6.96. The summed E-state index contributed by atoms with van der Waals surface area (Å²) in [6.07, 6.45) is 1.92. The lowest BCUT2D eigenvalue weighted by Crippen LogP contribution is -2.39. The highest BCUT2D eigenvalue weighted by atomic mass is 16.5. The maximum absolute atomic E-state index is 11.4. The highest BCUT2D eigenvalue weighted by Crippen LogP contribution is 2.27. The van der Waals surface area contributed by atoms with E-state index in [4.69, 9.17) is 9.26 Å². The van der Waals surface area contributed by atoms with Gasteiger partial charge in [0, 0.05) is 11.6 Å². The lowest BCUT2D eigenvalue weighted by Gasteiger charge is -2.23. The highest BCUT2D eigenvalue weighted by Gasteiger charge is 2.20. The van der Waals surface area contributed by atoms with Gasteiger partial charge in [-0.05, 0) is 17.9 Å². The lowest BCUT2D eigenvalue weighted by molar-refractivity contribution is -0.131. The third kappa shape index (κ3) is 4.14. The van der Waals surface area contributed by atoms with E-state index in [1.54, 1.807) is 0 Å². The van der Waals surface area contributed by atoms with Crippen LogP contribution in [0.4, 0.5) is 0 Å². The topological polar surface area (TPSA) is 77.2 Å². The van der Waals surface area contributed by atoms with Crippen LogP contribution in [-0.4, -0.2) is 29.3 Å². The van der Waals surface area contributed by atoms with Crippen molar-refractivity contribution in [3.05, 3.63) is 41.3 Å². The fourth-order valence-corrected chi connectivity index (χ4v) is 2.40. The Kier molecular flexibility index (Phi) is 4.72. The minimum Gasteiger partial charge on any atom is -0.369 e. The first-order chi connectivity index (χ1) is 11.8. The molecule has 0 bridgehead atoms. The SMILES string of the molecule is C/C(=C\c1nc(-c2ccc(C3COCC(=O)N3)cc2)no1)C(C)(C)C. The molecular weight excluding hydrogens is 318 g/mol. The van der Waals surface area contributed by atoms with Crippen LogP contribution in [0.25, 0.3) is 17.5 Å². The summed E-state index contributed by atoms with van der Waals surface area (Å²) in [6, 6.07) is 7.62. The Morgan fingerprint density at radius 3 is 2.64 bits per heavy atom. The van der Waals surface area contributed by atoms with Crippen LogP contribution in [0.15, 0.2) is 34.4 Å². The molecule has 6 nitrogen and oxygen atoms in total. The number of nitrogens with zero attached hydrogens (tertiary/aromatic N) is 2. The van der Waals surface area contributed by atoms with Crippen LogP contribution >= 0.6 is 0 Å². The van der Waals surface area contributed by atoms with Crippen molar-refractivity contribution < 1.29 is 14.1 Å². The highest BCUT2D eigenvalue weighted by molar-refractivity contribution is 5.78. The lowest BCUT2D eigenvalue weighted by atomic mass is 9.87. The van der Waals surface area contributed by atoms with Crippen LogP contribution in [0.5, 0.6) is 0 Å². The molecule has 0 aliphatic carbocycles. The fraction of sp³-hybridized carbons (Fsp3) is 0.421. The number of amides is 1. The van der Waals surface area contributed by atoms with Crippen LogP contribution in [0.1, 0.15) is 45.2 Å². The normalized spacial score (nSPS) is 19.0. The van der Waals surface area contributed by atoms with Gasteiger partial charge in [0.25, 0.3) is 5.89 Å². The van der Waals surface area contributed by atoms with Gasteiger partial charge in [-0.3, -0.25) is 4.79 Å². The van der Waals surface area contributed by atoms with E-state index in [0.717, 1.165) is 11.1 Å². The quantitative estimate of drug-likeness (QED) is 0.926. The van der Waals surface area contributed by atoms with E-state index >= 15 is 0 Å². The Morgan fingerprint density at radius 1 is 1.28 bits per heavy atom. The zero-order chi connectivity index (χ0) is 18.0. The Balaban J connectivity index is 1.76. The van der Waals surface area contributed by atoms with Crippen molar-refractivity contribution in [1.82, 2.24) is 15.5 Å². The average Bonchev–Trinajstić information content (AvgIpc) is 3.03. The molecular formula is C19H23N3O3. The molecule has 1 aliphatic heterocycles. The van der Waals surface area contributed by atoms with Crippen LogP contribution in [0.2, 0.25) is 0 Å². The molecule has 6 heteroatoms. The second-order valence-corrected chi connectivity index (χ2v) is 7.29. The third-order valence-corrected chi connectivity index (χ3v) is 4.39. The molecule has 1 N–H and O–H groups in total. The van der Waals surface area contributed by atoms with Crippen molar-refractivity contribution in [3.63, 3.8) is 0 Å². The minimum absolute atomic E-state index is 0.0583. The van der Waals surface area contributed by atoms with E-state index in [2.05, 4.69) is 43.2 Å². The van der Waals surface area contributed by atoms with Gasteiger partial charge in [-0.1, -0.05) is 55.8 Å². The minimum atomic E-state index is -0.117. The number of allylic oxidation sites excluding steroid dienone is 1. The standard InChI is InChI=1S/C19H23N3O3/c1-12(19(2,3)4)9-17-21-18(22-25-17)14-7-5-13(6-8-14)15-10-24-11-16(23)20-15/h5-9,15H,10-11H2,1-4H3,(H,20,23)/b12-9+. The largest absolute Gasteiger partial charge is 0.369 e. The number of benzene rings is 1. The zero-order valence-corrected chi connectivity index (χ0v) is 15.0. The molecule has 1 saturated heterocycles. The fourth-order valence-electron chi connectivity index (χ4n) is 2.40. The first-order valence-corrected chi connectivity index (χ1v) is 8.33. The van der Waals surface area contributed by atoms with Gasteiger partial charge >= 0.3 is 0 Å². The number of morpholine rings is 1. The first-order valence-electron chi connectivity index (χ1n) is 8.33. The molecule has 1 aliphatic rings. The van der Waals surface area contributed by atoms with E-state index in [0.29, 0.717) is 18.3 Å². The number of aromatic nitrogens is 2. The average molecular weight is 341 g/mol. The van der Waals surface area contributed by atoms with Crippen LogP contribution in [0.3, 0.4) is 0 Å². The second-order valence-electron chi connectivity index (χ2n) is 7.29. The van der Waals surface area contributed by atoms with E-state index in [1.807, 2.05) is 30.3 Å². The Hall–Kier alpha value is -2.47. The number of nitrogens with one attached hydrogen (secondary N) is 1. The zero-order valence-electron chi connectivity index (χ0n) is 15.0. The molecule has 2 heterocycles. The monoisotopic (exact) mass is 341 g/mol. The molecule has 1 aromatic carbocycles. The molecule has 1 aromatic heterocycles. The van der Waals surface area contributed by atoms with Crippen molar-refractivity contribution in [1.29, 1.82) is 0 Å². The molecule has 0 spiro atoms. The Morgan fingerprint density at radius 2 is 2.00 bits per heavy atom. The summed E-state index contributed by atoms with van der Waals surface area (Å²) in [7, 11) is 0.